The average molecular weight is 367 g/mol. The van der Waals surface area contributed by atoms with Crippen LogP contribution in [0.15, 0.2) is 64.3 Å². The summed E-state index contributed by atoms with van der Waals surface area (Å²) in [6, 6.07) is 15.7. The molecule has 3 aromatic rings. The molecule has 6 nitrogen and oxygen atoms in total. The monoisotopic (exact) mass is 367 g/mol. The second-order valence-corrected chi connectivity index (χ2v) is 6.27. The Morgan fingerprint density at radius 2 is 1.92 bits per heavy atom. The summed E-state index contributed by atoms with van der Waals surface area (Å²) >= 11 is 1.58. The average Bonchev–Trinajstić information content (AvgIpc) is 2.67. The number of ether oxygens (including phenoxy) is 1. The first-order valence-electron chi connectivity index (χ1n) is 7.80. The van der Waals surface area contributed by atoms with Crippen molar-refractivity contribution >= 4 is 23.4 Å². The van der Waals surface area contributed by atoms with Gasteiger partial charge in [0, 0.05) is 22.2 Å². The number of carbonyl (C=O) groups is 1. The van der Waals surface area contributed by atoms with Gasteiger partial charge in [0.25, 0.3) is 11.5 Å². The standard InChI is InChI=1S/C19H17N3O3S/c1-25-14-8-6-12(7-9-14)18-21-16(11-17(23)22-18)19(24)20-13-4-3-5-15(10-13)26-2/h3-11H,1-2H3,(H,20,24)(H,21,22,23). The molecule has 26 heavy (non-hydrogen) atoms. The van der Waals surface area contributed by atoms with Gasteiger partial charge in [0.05, 0.1) is 7.11 Å². The van der Waals surface area contributed by atoms with E-state index in [1.165, 1.54) is 6.07 Å². The van der Waals surface area contributed by atoms with Crippen LogP contribution in [0.1, 0.15) is 10.5 Å². The SMILES string of the molecule is COc1ccc(-c2nc(C(=O)Nc3cccc(SC)c3)cc(=O)[nH]2)cc1. The van der Waals surface area contributed by atoms with E-state index < -0.39 is 11.5 Å². The third-order valence-corrected chi connectivity index (χ3v) is 4.39. The summed E-state index contributed by atoms with van der Waals surface area (Å²) in [5, 5.41) is 2.77. The van der Waals surface area contributed by atoms with Gasteiger partial charge in [-0.3, -0.25) is 9.59 Å². The Labute approximate surface area is 154 Å². The van der Waals surface area contributed by atoms with E-state index in [0.29, 0.717) is 22.8 Å². The summed E-state index contributed by atoms with van der Waals surface area (Å²) in [7, 11) is 1.58. The van der Waals surface area contributed by atoms with Crippen LogP contribution in [0.5, 0.6) is 5.75 Å². The first-order chi connectivity index (χ1) is 12.6. The van der Waals surface area contributed by atoms with Gasteiger partial charge in [0.2, 0.25) is 0 Å². The van der Waals surface area contributed by atoms with Crippen molar-refractivity contribution in [3.05, 3.63) is 70.6 Å². The van der Waals surface area contributed by atoms with E-state index in [1.807, 2.05) is 24.5 Å². The van der Waals surface area contributed by atoms with Crippen molar-refractivity contribution in [1.82, 2.24) is 9.97 Å². The number of nitrogens with zero attached hydrogens (tertiary/aromatic N) is 1. The summed E-state index contributed by atoms with van der Waals surface area (Å²) in [4.78, 5) is 32.4. The molecule has 2 N–H and O–H groups in total. The van der Waals surface area contributed by atoms with E-state index in [0.717, 1.165) is 4.90 Å². The molecule has 0 unspecified atom stereocenters. The number of benzene rings is 2. The smallest absolute Gasteiger partial charge is 0.274 e. The molecule has 3 rings (SSSR count). The van der Waals surface area contributed by atoms with E-state index in [9.17, 15) is 9.59 Å². The first-order valence-corrected chi connectivity index (χ1v) is 9.03. The zero-order valence-corrected chi connectivity index (χ0v) is 15.1. The fraction of sp³-hybridized carbons (Fsp3) is 0.105. The largest absolute Gasteiger partial charge is 0.497 e. The molecule has 0 saturated heterocycles. The molecule has 0 aliphatic heterocycles. The van der Waals surface area contributed by atoms with Gasteiger partial charge in [0.1, 0.15) is 17.3 Å². The molecule has 0 atom stereocenters. The third kappa shape index (κ3) is 4.12. The summed E-state index contributed by atoms with van der Waals surface area (Å²) < 4.78 is 5.12. The Kier molecular flexibility index (Phi) is 5.38. The quantitative estimate of drug-likeness (QED) is 0.675. The maximum absolute atomic E-state index is 12.5. The van der Waals surface area contributed by atoms with E-state index in [1.54, 1.807) is 49.2 Å². The second kappa shape index (κ2) is 7.88. The third-order valence-electron chi connectivity index (χ3n) is 3.67. The van der Waals surface area contributed by atoms with Gasteiger partial charge in [-0.25, -0.2) is 4.98 Å². The Bertz CT molecular complexity index is 984. The molecule has 0 aliphatic carbocycles. The molecule has 1 aromatic heterocycles. The van der Waals surface area contributed by atoms with Crippen LogP contribution in [-0.4, -0.2) is 29.2 Å². The number of amides is 1. The molecule has 132 valence electrons. The van der Waals surface area contributed by atoms with Crippen molar-refractivity contribution in [1.29, 1.82) is 0 Å². The summed E-state index contributed by atoms with van der Waals surface area (Å²) in [6.07, 6.45) is 1.96. The van der Waals surface area contributed by atoms with Crippen LogP contribution in [0.3, 0.4) is 0 Å². The normalized spacial score (nSPS) is 10.4. The van der Waals surface area contributed by atoms with Gasteiger partial charge in [0.15, 0.2) is 0 Å². The van der Waals surface area contributed by atoms with Gasteiger partial charge in [-0.15, -0.1) is 11.8 Å². The molecule has 0 fully saturated rings. The van der Waals surface area contributed by atoms with Crippen molar-refractivity contribution in [3.63, 3.8) is 0 Å². The number of aromatic nitrogens is 2. The molecule has 2 aromatic carbocycles. The molecule has 1 heterocycles. The molecule has 1 amide bonds. The number of hydrogen-bond acceptors (Lipinski definition) is 5. The predicted octanol–water partition coefficient (Wildman–Crippen LogP) is 3.42. The predicted molar refractivity (Wildman–Crippen MR) is 103 cm³/mol. The number of H-pyrrole nitrogens is 1. The molecular formula is C19H17N3O3S. The number of methoxy groups -OCH3 is 1. The maximum atomic E-state index is 12.5. The van der Waals surface area contributed by atoms with Crippen molar-refractivity contribution in [2.75, 3.05) is 18.7 Å². The second-order valence-electron chi connectivity index (χ2n) is 5.39. The van der Waals surface area contributed by atoms with Crippen molar-refractivity contribution in [2.24, 2.45) is 0 Å². The van der Waals surface area contributed by atoms with Gasteiger partial charge < -0.3 is 15.0 Å². The van der Waals surface area contributed by atoms with E-state index >= 15 is 0 Å². The maximum Gasteiger partial charge on any atom is 0.274 e. The fourth-order valence-electron chi connectivity index (χ4n) is 2.36. The highest BCUT2D eigenvalue weighted by Crippen LogP contribution is 2.20. The van der Waals surface area contributed by atoms with Crippen LogP contribution >= 0.6 is 11.8 Å². The summed E-state index contributed by atoms with van der Waals surface area (Å²) in [5.74, 6) is 0.575. The van der Waals surface area contributed by atoms with Crippen molar-refractivity contribution < 1.29 is 9.53 Å². The van der Waals surface area contributed by atoms with Crippen LogP contribution in [0.2, 0.25) is 0 Å². The minimum atomic E-state index is -0.441. The number of aromatic amines is 1. The van der Waals surface area contributed by atoms with Crippen LogP contribution < -0.4 is 15.6 Å². The molecule has 0 radical (unpaired) electrons. The Balaban J connectivity index is 1.88. The van der Waals surface area contributed by atoms with Gasteiger partial charge in [-0.05, 0) is 48.7 Å². The molecule has 7 heteroatoms. The minimum Gasteiger partial charge on any atom is -0.497 e. The van der Waals surface area contributed by atoms with Crippen LogP contribution in [0, 0.1) is 0 Å². The van der Waals surface area contributed by atoms with E-state index in [2.05, 4.69) is 15.3 Å². The van der Waals surface area contributed by atoms with E-state index in [4.69, 9.17) is 4.74 Å². The highest BCUT2D eigenvalue weighted by molar-refractivity contribution is 7.98. The molecule has 0 spiro atoms. The number of nitrogens with one attached hydrogen (secondary N) is 2. The highest BCUT2D eigenvalue weighted by Gasteiger charge is 2.12. The van der Waals surface area contributed by atoms with Crippen molar-refractivity contribution in [2.45, 2.75) is 4.90 Å². The first kappa shape index (κ1) is 17.8. The lowest BCUT2D eigenvalue weighted by Crippen LogP contribution is -2.19. The fourth-order valence-corrected chi connectivity index (χ4v) is 2.81. The Morgan fingerprint density at radius 3 is 2.62 bits per heavy atom. The van der Waals surface area contributed by atoms with Crippen LogP contribution in [0.25, 0.3) is 11.4 Å². The lowest BCUT2D eigenvalue weighted by molar-refractivity contribution is 0.102. The number of carbonyl (C=O) groups excluding carboxylic acids is 1. The molecular weight excluding hydrogens is 350 g/mol. The lowest BCUT2D eigenvalue weighted by Gasteiger charge is -2.08. The summed E-state index contributed by atoms with van der Waals surface area (Å²) in [5.41, 5.74) is 0.986. The van der Waals surface area contributed by atoms with Crippen LogP contribution in [0.4, 0.5) is 5.69 Å². The number of thioether (sulfide) groups is 1. The van der Waals surface area contributed by atoms with Gasteiger partial charge in [-0.1, -0.05) is 6.07 Å². The lowest BCUT2D eigenvalue weighted by atomic mass is 10.2. The Hall–Kier alpha value is -3.06. The molecule has 0 bridgehead atoms. The van der Waals surface area contributed by atoms with E-state index in [-0.39, 0.29) is 5.69 Å². The van der Waals surface area contributed by atoms with Gasteiger partial charge >= 0.3 is 0 Å². The number of rotatable bonds is 5. The zero-order chi connectivity index (χ0) is 18.5. The van der Waals surface area contributed by atoms with Crippen LogP contribution in [-0.2, 0) is 0 Å². The molecule has 0 aliphatic rings. The summed E-state index contributed by atoms with van der Waals surface area (Å²) in [6.45, 7) is 0. The highest BCUT2D eigenvalue weighted by atomic mass is 32.2. The topological polar surface area (TPSA) is 84.1 Å². The minimum absolute atomic E-state index is 0.0501. The number of anilines is 1. The van der Waals surface area contributed by atoms with Gasteiger partial charge in [-0.2, -0.15) is 0 Å². The van der Waals surface area contributed by atoms with Crippen molar-refractivity contribution in [3.8, 4) is 17.1 Å². The Morgan fingerprint density at radius 1 is 1.15 bits per heavy atom. The zero-order valence-electron chi connectivity index (χ0n) is 14.3. The number of hydrogen-bond donors (Lipinski definition) is 2. The molecule has 0 saturated carbocycles.